The number of hydrogen-bond donors (Lipinski definition) is 0. The van der Waals surface area contributed by atoms with Crippen molar-refractivity contribution >= 4 is 16.9 Å². The maximum atomic E-state index is 5.37. The lowest BCUT2D eigenvalue weighted by atomic mass is 9.92. The summed E-state index contributed by atoms with van der Waals surface area (Å²) in [4.78, 5) is 12.5. The van der Waals surface area contributed by atoms with E-state index in [4.69, 9.17) is 14.7 Å². The molecule has 166 valence electrons. The lowest BCUT2D eigenvalue weighted by Crippen LogP contribution is -2.35. The van der Waals surface area contributed by atoms with Crippen LogP contribution in [-0.2, 0) is 0 Å². The third-order valence-electron chi connectivity index (χ3n) is 6.96. The Kier molecular flexibility index (Phi) is 5.49. The van der Waals surface area contributed by atoms with Crippen LogP contribution in [0, 0.1) is 20.8 Å². The van der Waals surface area contributed by atoms with Gasteiger partial charge in [0.25, 0.3) is 0 Å². The number of thioether (sulfide) groups is 1. The molecule has 0 radical (unpaired) electrons. The fourth-order valence-corrected chi connectivity index (χ4v) is 6.56. The van der Waals surface area contributed by atoms with Crippen LogP contribution in [0.5, 0.6) is 5.75 Å². The number of hydrogen-bond acceptors (Lipinski definition) is 5. The highest BCUT2D eigenvalue weighted by Crippen LogP contribution is 2.50. The molecule has 32 heavy (non-hydrogen) atoms. The van der Waals surface area contributed by atoms with E-state index in [0.29, 0.717) is 6.04 Å². The van der Waals surface area contributed by atoms with Gasteiger partial charge in [-0.05, 0) is 69.2 Å². The Balaban J connectivity index is 1.66. The number of methoxy groups -OCH3 is 1. The fraction of sp³-hybridized carbons (Fsp3) is 0.385. The summed E-state index contributed by atoms with van der Waals surface area (Å²) in [6.07, 6.45) is 3.00. The molecule has 5 rings (SSSR count). The first-order valence-electron chi connectivity index (χ1n) is 11.3. The molecule has 4 heterocycles. The largest absolute Gasteiger partial charge is 0.497 e. The molecule has 1 aromatic carbocycles. The van der Waals surface area contributed by atoms with Gasteiger partial charge in [-0.3, -0.25) is 9.98 Å². The number of benzene rings is 1. The number of pyridine rings is 1. The van der Waals surface area contributed by atoms with E-state index in [1.807, 2.05) is 36.2 Å². The van der Waals surface area contributed by atoms with Gasteiger partial charge >= 0.3 is 0 Å². The summed E-state index contributed by atoms with van der Waals surface area (Å²) >= 11 is 1.89. The molecule has 0 unspecified atom stereocenters. The molecular weight excluding hydrogens is 416 g/mol. The predicted octanol–water partition coefficient (Wildman–Crippen LogP) is 5.79. The lowest BCUT2D eigenvalue weighted by molar-refractivity contribution is 0.254. The maximum Gasteiger partial charge on any atom is 0.160 e. The summed E-state index contributed by atoms with van der Waals surface area (Å²) in [5, 5.41) is 1.17. The van der Waals surface area contributed by atoms with Gasteiger partial charge in [-0.2, -0.15) is 0 Å². The van der Waals surface area contributed by atoms with Crippen molar-refractivity contribution in [2.75, 3.05) is 12.9 Å². The zero-order chi connectivity index (χ0) is 22.4. The van der Waals surface area contributed by atoms with E-state index in [1.165, 1.54) is 27.7 Å². The minimum absolute atomic E-state index is 0.0107. The van der Waals surface area contributed by atoms with Gasteiger partial charge in [-0.15, -0.1) is 0 Å². The van der Waals surface area contributed by atoms with Crippen molar-refractivity contribution < 1.29 is 4.74 Å². The molecule has 0 spiro atoms. The Morgan fingerprint density at radius 3 is 2.50 bits per heavy atom. The first-order chi connectivity index (χ1) is 15.5. The second-order valence-corrected chi connectivity index (χ2v) is 9.57. The quantitative estimate of drug-likeness (QED) is 0.498. The average molecular weight is 447 g/mol. The highest BCUT2D eigenvalue weighted by molar-refractivity contribution is 8.14. The topological polar surface area (TPSA) is 42.6 Å². The van der Waals surface area contributed by atoms with Gasteiger partial charge in [0.15, 0.2) is 5.17 Å². The molecule has 5 nitrogen and oxygen atoms in total. The molecular formula is C26H30N4OS. The summed E-state index contributed by atoms with van der Waals surface area (Å²) < 4.78 is 7.75. The molecule has 0 saturated carbocycles. The maximum absolute atomic E-state index is 5.37. The van der Waals surface area contributed by atoms with Crippen molar-refractivity contribution in [1.82, 2.24) is 14.5 Å². The van der Waals surface area contributed by atoms with Crippen molar-refractivity contribution in [3.05, 3.63) is 76.9 Å². The molecule has 6 heteroatoms. The van der Waals surface area contributed by atoms with E-state index in [-0.39, 0.29) is 12.1 Å². The Hall–Kier alpha value is -2.73. The highest BCUT2D eigenvalue weighted by atomic mass is 32.2. The minimum Gasteiger partial charge on any atom is -0.497 e. The average Bonchev–Trinajstić information content (AvgIpc) is 3.46. The number of aromatic nitrogens is 2. The van der Waals surface area contributed by atoms with Crippen molar-refractivity contribution in [1.29, 1.82) is 0 Å². The summed E-state index contributed by atoms with van der Waals surface area (Å²) in [5.74, 6) is 1.98. The van der Waals surface area contributed by atoms with Crippen molar-refractivity contribution in [3.8, 4) is 11.4 Å². The Labute approximate surface area is 194 Å². The zero-order valence-corrected chi connectivity index (χ0v) is 20.2. The second kappa shape index (κ2) is 8.32. The monoisotopic (exact) mass is 446 g/mol. The van der Waals surface area contributed by atoms with E-state index in [2.05, 4.69) is 61.4 Å². The minimum atomic E-state index is 0.0107. The third-order valence-corrected chi connectivity index (χ3v) is 8.09. The van der Waals surface area contributed by atoms with Gasteiger partial charge in [0.1, 0.15) is 11.8 Å². The highest BCUT2D eigenvalue weighted by Gasteiger charge is 2.47. The van der Waals surface area contributed by atoms with E-state index in [9.17, 15) is 0 Å². The summed E-state index contributed by atoms with van der Waals surface area (Å²) in [6.45, 7) is 9.01. The summed E-state index contributed by atoms with van der Waals surface area (Å²) in [6, 6.07) is 15.2. The lowest BCUT2D eigenvalue weighted by Gasteiger charge is -2.32. The van der Waals surface area contributed by atoms with E-state index < -0.39 is 0 Å². The van der Waals surface area contributed by atoms with Gasteiger partial charge in [0.05, 0.1) is 18.8 Å². The third kappa shape index (κ3) is 3.24. The first kappa shape index (κ1) is 21.1. The summed E-state index contributed by atoms with van der Waals surface area (Å²) in [7, 11) is 1.71. The number of ether oxygens (including phenoxy) is 1. The van der Waals surface area contributed by atoms with Crippen LogP contribution in [0.1, 0.15) is 53.6 Å². The molecule has 3 atom stereocenters. The van der Waals surface area contributed by atoms with Crippen LogP contribution in [-0.4, -0.2) is 38.5 Å². The molecule has 2 aliphatic rings. The van der Waals surface area contributed by atoms with Gasteiger partial charge in [0, 0.05) is 40.6 Å². The van der Waals surface area contributed by atoms with Crippen LogP contribution >= 0.6 is 11.8 Å². The predicted molar refractivity (Wildman–Crippen MR) is 132 cm³/mol. The summed E-state index contributed by atoms with van der Waals surface area (Å²) in [5.41, 5.74) is 7.48. The SMILES string of the molecule is CC[C@@H]1CSC2=N[C@H](c3ccccn3)[C@H](c3c(C)c(C)n(-c4ccc(OC)cc4)c3C)N21. The Bertz CT molecular complexity index is 1150. The molecule has 1 fully saturated rings. The van der Waals surface area contributed by atoms with Crippen LogP contribution in [0.25, 0.3) is 5.69 Å². The molecule has 0 amide bonds. The smallest absolute Gasteiger partial charge is 0.160 e. The van der Waals surface area contributed by atoms with Gasteiger partial charge in [0.2, 0.25) is 0 Å². The van der Waals surface area contributed by atoms with Gasteiger partial charge < -0.3 is 14.2 Å². The molecule has 3 aromatic rings. The van der Waals surface area contributed by atoms with Crippen LogP contribution in [0.3, 0.4) is 0 Å². The van der Waals surface area contributed by atoms with Crippen LogP contribution in [0.4, 0.5) is 0 Å². The molecule has 0 N–H and O–H groups in total. The van der Waals surface area contributed by atoms with Crippen LogP contribution in [0.15, 0.2) is 53.7 Å². The standard InChI is InChI=1S/C26H30N4OS/c1-6-19-15-32-26-28-24(22-9-7-8-14-27-22)25(30(19)26)23-16(2)17(3)29(18(23)4)20-10-12-21(31-5)13-11-20/h7-14,19,24-25H,6,15H2,1-5H3/t19-,24-,25+/m1/s1. The van der Waals surface area contributed by atoms with Gasteiger partial charge in [-0.1, -0.05) is 24.8 Å². The number of aliphatic imine (C=N–C) groups is 1. The van der Waals surface area contributed by atoms with Crippen molar-refractivity contribution in [2.45, 2.75) is 52.2 Å². The number of nitrogens with zero attached hydrogens (tertiary/aromatic N) is 4. The number of amidine groups is 1. The van der Waals surface area contributed by atoms with E-state index >= 15 is 0 Å². The molecule has 2 aliphatic heterocycles. The first-order valence-corrected chi connectivity index (χ1v) is 12.3. The second-order valence-electron chi connectivity index (χ2n) is 8.58. The van der Waals surface area contributed by atoms with Crippen molar-refractivity contribution in [3.63, 3.8) is 0 Å². The van der Waals surface area contributed by atoms with Crippen LogP contribution in [0.2, 0.25) is 0 Å². The van der Waals surface area contributed by atoms with Crippen LogP contribution < -0.4 is 4.74 Å². The Morgan fingerprint density at radius 2 is 1.84 bits per heavy atom. The normalized spacial score (nSPS) is 22.2. The molecule has 1 saturated heterocycles. The van der Waals surface area contributed by atoms with E-state index in [1.54, 1.807) is 7.11 Å². The van der Waals surface area contributed by atoms with E-state index in [0.717, 1.165) is 29.3 Å². The fourth-order valence-electron chi connectivity index (χ4n) is 5.22. The molecule has 0 bridgehead atoms. The number of fused-ring (bicyclic) bond motifs is 1. The molecule has 0 aliphatic carbocycles. The van der Waals surface area contributed by atoms with Gasteiger partial charge in [-0.25, -0.2) is 0 Å². The van der Waals surface area contributed by atoms with Crippen molar-refractivity contribution in [2.24, 2.45) is 4.99 Å². The zero-order valence-electron chi connectivity index (χ0n) is 19.4. The number of rotatable bonds is 5. The Morgan fingerprint density at radius 1 is 1.06 bits per heavy atom. The molecule has 2 aromatic heterocycles.